The highest BCUT2D eigenvalue weighted by molar-refractivity contribution is 6.06. The number of phenolic OH excluding ortho intramolecular Hbond substituents is 1. The number of nitriles is 1. The molecule has 1 saturated heterocycles. The average Bonchev–Trinajstić information content (AvgIpc) is 2.63. The summed E-state index contributed by atoms with van der Waals surface area (Å²) in [6.45, 7) is 8.33. The number of rotatable bonds is 4. The number of likely N-dealkylation sites (tertiary alicyclic amines) is 1. The van der Waals surface area contributed by atoms with Crippen LogP contribution in [-0.4, -0.2) is 46.7 Å². The fraction of sp³-hybridized carbons (Fsp3) is 0.476. The van der Waals surface area contributed by atoms with Gasteiger partial charge in [0.15, 0.2) is 0 Å². The molecule has 2 rings (SSSR count). The van der Waals surface area contributed by atoms with Crippen LogP contribution in [0.25, 0.3) is 0 Å². The van der Waals surface area contributed by atoms with Gasteiger partial charge >= 0.3 is 6.09 Å². The normalized spacial score (nSPS) is 15.4. The molecule has 1 aromatic carbocycles. The summed E-state index contributed by atoms with van der Waals surface area (Å²) in [6, 6.07) is 6.53. The number of piperidine rings is 1. The summed E-state index contributed by atoms with van der Waals surface area (Å²) in [5.74, 6) is -0.420. The number of anilines is 1. The SMILES string of the molecule is Cc1cc(O)ccc1NC(=O)/C(C#N)=C\NC1CCN(C(=O)OC(C)(C)C)CC1. The maximum Gasteiger partial charge on any atom is 0.410 e. The van der Waals surface area contributed by atoms with Crippen LogP contribution in [0.3, 0.4) is 0 Å². The molecule has 1 aliphatic heterocycles. The van der Waals surface area contributed by atoms with Crippen LogP contribution in [0.2, 0.25) is 0 Å². The first-order valence-corrected chi connectivity index (χ1v) is 9.54. The second-order valence-corrected chi connectivity index (χ2v) is 8.03. The quantitative estimate of drug-likeness (QED) is 0.407. The van der Waals surface area contributed by atoms with Crippen LogP contribution < -0.4 is 10.6 Å². The topological polar surface area (TPSA) is 115 Å². The van der Waals surface area contributed by atoms with Crippen molar-refractivity contribution in [2.24, 2.45) is 0 Å². The molecule has 29 heavy (non-hydrogen) atoms. The summed E-state index contributed by atoms with van der Waals surface area (Å²) in [6.07, 6.45) is 2.46. The van der Waals surface area contributed by atoms with E-state index in [-0.39, 0.29) is 23.5 Å². The van der Waals surface area contributed by atoms with Crippen LogP contribution in [0.1, 0.15) is 39.2 Å². The zero-order valence-corrected chi connectivity index (χ0v) is 17.3. The Morgan fingerprint density at radius 3 is 2.52 bits per heavy atom. The Hall–Kier alpha value is -3.21. The third kappa shape index (κ3) is 6.71. The Morgan fingerprint density at radius 1 is 1.31 bits per heavy atom. The number of carbonyl (C=O) groups excluding carboxylic acids is 2. The standard InChI is InChI=1S/C21H28N4O4/c1-14-11-17(26)5-6-18(14)24-19(27)15(12-22)13-23-16-7-9-25(10-8-16)20(28)29-21(2,3)4/h5-6,11,13,16,23,26H,7-10H2,1-4H3,(H,24,27)/b15-13-. The van der Waals surface area contributed by atoms with Crippen molar-refractivity contribution in [1.29, 1.82) is 5.26 Å². The van der Waals surface area contributed by atoms with Crippen LogP contribution in [0.4, 0.5) is 10.5 Å². The van der Waals surface area contributed by atoms with E-state index in [2.05, 4.69) is 10.6 Å². The van der Waals surface area contributed by atoms with E-state index in [1.807, 2.05) is 26.8 Å². The number of aryl methyl sites for hydroxylation is 1. The van der Waals surface area contributed by atoms with Crippen LogP contribution in [0.15, 0.2) is 30.0 Å². The molecule has 0 atom stereocenters. The Labute approximate surface area is 171 Å². The first-order valence-electron chi connectivity index (χ1n) is 9.54. The van der Waals surface area contributed by atoms with Crippen LogP contribution in [0, 0.1) is 18.3 Å². The van der Waals surface area contributed by atoms with Gasteiger partial charge < -0.3 is 25.4 Å². The molecule has 8 nitrogen and oxygen atoms in total. The molecule has 0 unspecified atom stereocenters. The lowest BCUT2D eigenvalue weighted by atomic mass is 10.1. The number of benzene rings is 1. The highest BCUT2D eigenvalue weighted by Crippen LogP contribution is 2.21. The Morgan fingerprint density at radius 2 is 1.97 bits per heavy atom. The number of amides is 2. The van der Waals surface area contributed by atoms with Gasteiger partial charge in [0.1, 0.15) is 23.0 Å². The van der Waals surface area contributed by atoms with Crippen molar-refractivity contribution >= 4 is 17.7 Å². The lowest BCUT2D eigenvalue weighted by molar-refractivity contribution is -0.112. The van der Waals surface area contributed by atoms with Crippen LogP contribution in [0.5, 0.6) is 5.75 Å². The van der Waals surface area contributed by atoms with Gasteiger partial charge in [-0.2, -0.15) is 5.26 Å². The van der Waals surface area contributed by atoms with E-state index in [9.17, 15) is 20.0 Å². The van der Waals surface area contributed by atoms with E-state index >= 15 is 0 Å². The summed E-state index contributed by atoms with van der Waals surface area (Å²) < 4.78 is 5.38. The van der Waals surface area contributed by atoms with Gasteiger partial charge in [-0.15, -0.1) is 0 Å². The second-order valence-electron chi connectivity index (χ2n) is 8.03. The zero-order valence-electron chi connectivity index (χ0n) is 17.3. The molecule has 1 heterocycles. The molecule has 8 heteroatoms. The van der Waals surface area contributed by atoms with Crippen LogP contribution in [-0.2, 0) is 9.53 Å². The Bertz CT molecular complexity index is 828. The summed E-state index contributed by atoms with van der Waals surface area (Å²) in [5, 5.41) is 24.5. The molecule has 1 aromatic rings. The van der Waals surface area contributed by atoms with E-state index in [0.717, 1.165) is 0 Å². The molecule has 0 bridgehead atoms. The van der Waals surface area contributed by atoms with Gasteiger partial charge in [-0.3, -0.25) is 4.79 Å². The molecular formula is C21H28N4O4. The average molecular weight is 400 g/mol. The Kier molecular flexibility index (Phi) is 7.10. The minimum atomic E-state index is -0.528. The Balaban J connectivity index is 1.89. The predicted octanol–water partition coefficient (Wildman–Crippen LogP) is 3.04. The molecule has 1 aliphatic rings. The number of hydrogen-bond donors (Lipinski definition) is 3. The fourth-order valence-electron chi connectivity index (χ4n) is 2.88. The van der Waals surface area contributed by atoms with E-state index in [1.54, 1.807) is 17.9 Å². The lowest BCUT2D eigenvalue weighted by Gasteiger charge is -2.33. The summed E-state index contributed by atoms with van der Waals surface area (Å²) in [7, 11) is 0. The third-order valence-electron chi connectivity index (χ3n) is 4.43. The number of nitrogens with zero attached hydrogens (tertiary/aromatic N) is 2. The first-order chi connectivity index (χ1) is 13.6. The summed E-state index contributed by atoms with van der Waals surface area (Å²) in [5.41, 5.74) is 0.643. The molecule has 156 valence electrons. The van der Waals surface area contributed by atoms with Crippen molar-refractivity contribution in [3.05, 3.63) is 35.5 Å². The number of ether oxygens (including phenoxy) is 1. The fourth-order valence-corrected chi connectivity index (χ4v) is 2.88. The van der Waals surface area contributed by atoms with Gasteiger partial charge in [0.2, 0.25) is 0 Å². The minimum absolute atomic E-state index is 0.0490. The zero-order chi connectivity index (χ0) is 21.6. The third-order valence-corrected chi connectivity index (χ3v) is 4.43. The molecule has 0 saturated carbocycles. The summed E-state index contributed by atoms with van der Waals surface area (Å²) in [4.78, 5) is 26.1. The van der Waals surface area contributed by atoms with Crippen molar-refractivity contribution < 1.29 is 19.4 Å². The van der Waals surface area contributed by atoms with E-state index in [0.29, 0.717) is 37.2 Å². The molecular weight excluding hydrogens is 372 g/mol. The molecule has 2 amide bonds. The van der Waals surface area contributed by atoms with Crippen molar-refractivity contribution in [2.75, 3.05) is 18.4 Å². The molecule has 0 aliphatic carbocycles. The highest BCUT2D eigenvalue weighted by Gasteiger charge is 2.26. The maximum absolute atomic E-state index is 12.4. The maximum atomic E-state index is 12.4. The highest BCUT2D eigenvalue weighted by atomic mass is 16.6. The van der Waals surface area contributed by atoms with Crippen molar-refractivity contribution in [2.45, 2.75) is 52.2 Å². The molecule has 0 radical (unpaired) electrons. The smallest absolute Gasteiger partial charge is 0.410 e. The minimum Gasteiger partial charge on any atom is -0.508 e. The second kappa shape index (κ2) is 9.32. The first kappa shape index (κ1) is 22.1. The molecule has 0 aromatic heterocycles. The number of phenols is 1. The van der Waals surface area contributed by atoms with Gasteiger partial charge in [-0.1, -0.05) is 0 Å². The van der Waals surface area contributed by atoms with Crippen LogP contribution >= 0.6 is 0 Å². The monoisotopic (exact) mass is 400 g/mol. The number of hydrogen-bond acceptors (Lipinski definition) is 6. The predicted molar refractivity (Wildman–Crippen MR) is 109 cm³/mol. The van der Waals surface area contributed by atoms with Crippen molar-refractivity contribution in [3.63, 3.8) is 0 Å². The van der Waals surface area contributed by atoms with Gasteiger partial charge in [0.05, 0.1) is 0 Å². The molecule has 1 fully saturated rings. The van der Waals surface area contributed by atoms with Gasteiger partial charge in [-0.05, 0) is 64.3 Å². The largest absolute Gasteiger partial charge is 0.508 e. The van der Waals surface area contributed by atoms with Crippen molar-refractivity contribution in [1.82, 2.24) is 10.2 Å². The van der Waals surface area contributed by atoms with Gasteiger partial charge in [0, 0.05) is 31.0 Å². The molecule has 3 N–H and O–H groups in total. The molecule has 0 spiro atoms. The van der Waals surface area contributed by atoms with Gasteiger partial charge in [0.25, 0.3) is 5.91 Å². The number of nitrogens with one attached hydrogen (secondary N) is 2. The van der Waals surface area contributed by atoms with E-state index in [1.165, 1.54) is 18.3 Å². The van der Waals surface area contributed by atoms with E-state index < -0.39 is 11.5 Å². The lowest BCUT2D eigenvalue weighted by Crippen LogP contribution is -2.45. The number of aromatic hydroxyl groups is 1. The van der Waals surface area contributed by atoms with E-state index in [4.69, 9.17) is 4.74 Å². The summed E-state index contributed by atoms with van der Waals surface area (Å²) >= 11 is 0. The number of carbonyl (C=O) groups is 2. The van der Waals surface area contributed by atoms with Crippen molar-refractivity contribution in [3.8, 4) is 11.8 Å². The van der Waals surface area contributed by atoms with Gasteiger partial charge in [-0.25, -0.2) is 4.79 Å².